The summed E-state index contributed by atoms with van der Waals surface area (Å²) in [7, 11) is 0. The molecule has 1 N–H and O–H groups in total. The van der Waals surface area contributed by atoms with Crippen molar-refractivity contribution in [3.63, 3.8) is 0 Å². The highest BCUT2D eigenvalue weighted by atomic mass is 16.1. The molecular formula is C22H24N6O. The summed E-state index contributed by atoms with van der Waals surface area (Å²) in [5.74, 6) is 1.53. The van der Waals surface area contributed by atoms with Gasteiger partial charge in [-0.25, -0.2) is 15.0 Å². The molecule has 4 rings (SSSR count). The van der Waals surface area contributed by atoms with E-state index in [9.17, 15) is 4.79 Å². The molecule has 0 radical (unpaired) electrons. The molecule has 1 aliphatic heterocycles. The van der Waals surface area contributed by atoms with E-state index in [1.54, 1.807) is 6.07 Å². The normalized spacial score (nSPS) is 14.0. The van der Waals surface area contributed by atoms with Crippen molar-refractivity contribution >= 4 is 23.2 Å². The average molecular weight is 388 g/mol. The van der Waals surface area contributed by atoms with Crippen LogP contribution < -0.4 is 15.1 Å². The van der Waals surface area contributed by atoms with Gasteiger partial charge in [0, 0.05) is 44.1 Å². The Labute approximate surface area is 170 Å². The van der Waals surface area contributed by atoms with Gasteiger partial charge in [0.15, 0.2) is 0 Å². The van der Waals surface area contributed by atoms with Gasteiger partial charge in [-0.05, 0) is 49.2 Å². The van der Waals surface area contributed by atoms with Gasteiger partial charge in [-0.15, -0.1) is 0 Å². The molecule has 0 aliphatic carbocycles. The first-order valence-electron chi connectivity index (χ1n) is 9.72. The number of aryl methyl sites for hydroxylation is 2. The predicted octanol–water partition coefficient (Wildman–Crippen LogP) is 3.07. The van der Waals surface area contributed by atoms with Crippen LogP contribution in [-0.2, 0) is 0 Å². The van der Waals surface area contributed by atoms with Crippen LogP contribution in [0.2, 0.25) is 0 Å². The number of hydrogen-bond acceptors (Lipinski definition) is 6. The van der Waals surface area contributed by atoms with E-state index < -0.39 is 0 Å². The van der Waals surface area contributed by atoms with Gasteiger partial charge in [-0.1, -0.05) is 12.1 Å². The van der Waals surface area contributed by atoms with E-state index in [0.29, 0.717) is 5.69 Å². The van der Waals surface area contributed by atoms with E-state index >= 15 is 0 Å². The highest BCUT2D eigenvalue weighted by Crippen LogP contribution is 2.19. The lowest BCUT2D eigenvalue weighted by molar-refractivity contribution is 0.102. The Morgan fingerprint density at radius 1 is 0.862 bits per heavy atom. The molecule has 0 atom stereocenters. The molecule has 1 amide bonds. The van der Waals surface area contributed by atoms with E-state index in [1.165, 1.54) is 11.9 Å². The van der Waals surface area contributed by atoms with Gasteiger partial charge < -0.3 is 15.1 Å². The number of piperazine rings is 1. The van der Waals surface area contributed by atoms with Crippen molar-refractivity contribution in [1.82, 2.24) is 15.0 Å². The number of nitrogens with zero attached hydrogens (tertiary/aromatic N) is 5. The van der Waals surface area contributed by atoms with Crippen LogP contribution in [0.15, 0.2) is 55.0 Å². The summed E-state index contributed by atoms with van der Waals surface area (Å²) in [4.78, 5) is 30.0. The molecule has 7 nitrogen and oxygen atoms in total. The molecule has 1 saturated heterocycles. The molecule has 148 valence electrons. The first kappa shape index (κ1) is 18.9. The standard InChI is InChI=1S/C22H24N6O/c1-16-6-7-18(13-17(16)2)26-22(29)19-14-21(25-15-24-19)28-11-9-27(10-12-28)20-5-3-4-8-23-20/h3-8,13-15H,9-12H2,1-2H3,(H,26,29). The first-order chi connectivity index (χ1) is 14.1. The SMILES string of the molecule is Cc1ccc(NC(=O)c2cc(N3CCN(c4ccccn4)CC3)ncn2)cc1C. The highest BCUT2D eigenvalue weighted by molar-refractivity contribution is 6.03. The zero-order valence-corrected chi connectivity index (χ0v) is 16.7. The topological polar surface area (TPSA) is 74.2 Å². The summed E-state index contributed by atoms with van der Waals surface area (Å²) in [5, 5.41) is 2.92. The molecule has 29 heavy (non-hydrogen) atoms. The van der Waals surface area contributed by atoms with E-state index in [2.05, 4.69) is 30.1 Å². The fourth-order valence-electron chi connectivity index (χ4n) is 3.36. The molecule has 0 unspecified atom stereocenters. The van der Waals surface area contributed by atoms with Gasteiger partial charge in [0.05, 0.1) is 0 Å². The number of aromatic nitrogens is 3. The number of hydrogen-bond donors (Lipinski definition) is 1. The van der Waals surface area contributed by atoms with Crippen molar-refractivity contribution in [2.45, 2.75) is 13.8 Å². The number of carbonyl (C=O) groups is 1. The second kappa shape index (κ2) is 8.26. The maximum atomic E-state index is 12.6. The Hall–Kier alpha value is -3.48. The second-order valence-corrected chi connectivity index (χ2v) is 7.18. The largest absolute Gasteiger partial charge is 0.353 e. The first-order valence-corrected chi connectivity index (χ1v) is 9.72. The van der Waals surface area contributed by atoms with Crippen LogP contribution in [0.25, 0.3) is 0 Å². The molecule has 0 saturated carbocycles. The molecule has 7 heteroatoms. The van der Waals surface area contributed by atoms with Crippen LogP contribution in [0.1, 0.15) is 21.6 Å². The maximum Gasteiger partial charge on any atom is 0.274 e. The molecule has 1 fully saturated rings. The van der Waals surface area contributed by atoms with E-state index in [4.69, 9.17) is 0 Å². The maximum absolute atomic E-state index is 12.6. The smallest absolute Gasteiger partial charge is 0.274 e. The fraction of sp³-hybridized carbons (Fsp3) is 0.273. The quantitative estimate of drug-likeness (QED) is 0.740. The fourth-order valence-corrected chi connectivity index (χ4v) is 3.36. The van der Waals surface area contributed by atoms with Crippen LogP contribution in [-0.4, -0.2) is 47.0 Å². The van der Waals surface area contributed by atoms with Gasteiger partial charge in [0.2, 0.25) is 0 Å². The Bertz CT molecular complexity index is 999. The van der Waals surface area contributed by atoms with Gasteiger partial charge in [0.25, 0.3) is 5.91 Å². The minimum absolute atomic E-state index is 0.232. The summed E-state index contributed by atoms with van der Waals surface area (Å²) in [6.07, 6.45) is 3.27. The molecular weight excluding hydrogens is 364 g/mol. The van der Waals surface area contributed by atoms with Gasteiger partial charge in [0.1, 0.15) is 23.7 Å². The predicted molar refractivity (Wildman–Crippen MR) is 115 cm³/mol. The third-order valence-corrected chi connectivity index (χ3v) is 5.23. The molecule has 1 aromatic carbocycles. The minimum Gasteiger partial charge on any atom is -0.353 e. The zero-order chi connectivity index (χ0) is 20.2. The molecule has 1 aliphatic rings. The molecule has 2 aromatic heterocycles. The molecule has 3 aromatic rings. The van der Waals surface area contributed by atoms with E-state index in [1.807, 2.05) is 56.4 Å². The number of anilines is 3. The van der Waals surface area contributed by atoms with Crippen molar-refractivity contribution in [2.75, 3.05) is 41.3 Å². The Balaban J connectivity index is 1.42. The van der Waals surface area contributed by atoms with Crippen LogP contribution >= 0.6 is 0 Å². The second-order valence-electron chi connectivity index (χ2n) is 7.18. The van der Waals surface area contributed by atoms with Crippen molar-refractivity contribution in [3.05, 3.63) is 71.8 Å². The Morgan fingerprint density at radius 3 is 2.31 bits per heavy atom. The van der Waals surface area contributed by atoms with Crippen LogP contribution in [0.4, 0.5) is 17.3 Å². The van der Waals surface area contributed by atoms with Crippen LogP contribution in [0, 0.1) is 13.8 Å². The average Bonchev–Trinajstić information content (AvgIpc) is 2.77. The highest BCUT2D eigenvalue weighted by Gasteiger charge is 2.20. The summed E-state index contributed by atoms with van der Waals surface area (Å²) in [5.41, 5.74) is 3.46. The minimum atomic E-state index is -0.232. The van der Waals surface area contributed by atoms with Crippen molar-refractivity contribution < 1.29 is 4.79 Å². The molecule has 0 bridgehead atoms. The van der Waals surface area contributed by atoms with Gasteiger partial charge in [-0.3, -0.25) is 4.79 Å². The van der Waals surface area contributed by atoms with E-state index in [-0.39, 0.29) is 5.91 Å². The number of rotatable bonds is 4. The lowest BCUT2D eigenvalue weighted by atomic mass is 10.1. The summed E-state index contributed by atoms with van der Waals surface area (Å²) >= 11 is 0. The summed E-state index contributed by atoms with van der Waals surface area (Å²) in [6, 6.07) is 13.6. The van der Waals surface area contributed by atoms with Crippen LogP contribution in [0.3, 0.4) is 0 Å². The monoisotopic (exact) mass is 388 g/mol. The lowest BCUT2D eigenvalue weighted by Gasteiger charge is -2.36. The number of nitrogens with one attached hydrogen (secondary N) is 1. The third-order valence-electron chi connectivity index (χ3n) is 5.23. The summed E-state index contributed by atoms with van der Waals surface area (Å²) in [6.45, 7) is 7.40. The number of amides is 1. The Morgan fingerprint density at radius 2 is 1.62 bits per heavy atom. The lowest BCUT2D eigenvalue weighted by Crippen LogP contribution is -2.47. The number of benzene rings is 1. The Kier molecular flexibility index (Phi) is 5.37. The van der Waals surface area contributed by atoms with Crippen molar-refractivity contribution in [3.8, 4) is 0 Å². The summed E-state index contributed by atoms with van der Waals surface area (Å²) < 4.78 is 0. The van der Waals surface area contributed by atoms with Gasteiger partial charge in [-0.2, -0.15) is 0 Å². The number of carbonyl (C=O) groups excluding carboxylic acids is 1. The van der Waals surface area contributed by atoms with Gasteiger partial charge >= 0.3 is 0 Å². The van der Waals surface area contributed by atoms with Crippen molar-refractivity contribution in [1.29, 1.82) is 0 Å². The van der Waals surface area contributed by atoms with E-state index in [0.717, 1.165) is 49.1 Å². The van der Waals surface area contributed by atoms with Crippen molar-refractivity contribution in [2.24, 2.45) is 0 Å². The zero-order valence-electron chi connectivity index (χ0n) is 16.7. The molecule has 3 heterocycles. The molecule has 0 spiro atoms. The number of pyridine rings is 1. The third kappa shape index (κ3) is 4.34. The van der Waals surface area contributed by atoms with Crippen LogP contribution in [0.5, 0.6) is 0 Å².